The Morgan fingerprint density at radius 2 is 1.86 bits per heavy atom. The number of carbonyl (C=O) groups excluding carboxylic acids is 1. The summed E-state index contributed by atoms with van der Waals surface area (Å²) in [7, 11) is -1.61. The van der Waals surface area contributed by atoms with Crippen LogP contribution in [0.15, 0.2) is 0 Å². The van der Waals surface area contributed by atoms with E-state index in [-0.39, 0.29) is 25.2 Å². The van der Waals surface area contributed by atoms with Gasteiger partial charge in [-0.25, -0.2) is 18.4 Å². The molecule has 2 fully saturated rings. The number of hydroxylamine groups is 1. The predicted octanol–water partition coefficient (Wildman–Crippen LogP) is 2.88. The molecular weight excluding hydrogens is 404 g/mol. The normalized spacial score (nSPS) is 23.9. The smallest absolute Gasteiger partial charge is 0.381 e. The van der Waals surface area contributed by atoms with Crippen molar-refractivity contribution >= 4 is 16.9 Å². The summed E-state index contributed by atoms with van der Waals surface area (Å²) < 4.78 is 68.2. The van der Waals surface area contributed by atoms with Gasteiger partial charge < -0.3 is 4.74 Å². The Labute approximate surface area is 164 Å². The molecule has 2 heterocycles. The number of halogens is 4. The molecule has 0 radical (unpaired) electrons. The van der Waals surface area contributed by atoms with E-state index in [9.17, 15) is 26.6 Å². The lowest BCUT2D eigenvalue weighted by molar-refractivity contribution is -0.182. The highest BCUT2D eigenvalue weighted by atomic mass is 32.2. The highest BCUT2D eigenvalue weighted by molar-refractivity contribution is 7.85. The van der Waals surface area contributed by atoms with Gasteiger partial charge in [0, 0.05) is 26.3 Å². The summed E-state index contributed by atoms with van der Waals surface area (Å²) in [6.45, 7) is 1.60. The number of carbonyl (C=O) groups is 1. The maximum atomic E-state index is 13.1. The fraction of sp³-hybridized carbons (Fsp3) is 0.941. The van der Waals surface area contributed by atoms with Crippen LogP contribution >= 0.6 is 0 Å². The number of amides is 1. The average Bonchev–Trinajstić information content (AvgIpc) is 2.70. The second-order valence-corrected chi connectivity index (χ2v) is 9.26. The van der Waals surface area contributed by atoms with E-state index in [1.54, 1.807) is 9.79 Å². The molecule has 0 aromatic carbocycles. The number of nitrogens with one attached hydrogen (secondary N) is 1. The Hall–Kier alpha value is -0.780. The van der Waals surface area contributed by atoms with E-state index in [4.69, 9.17) is 9.94 Å². The standard InChI is InChI=1S/C17H28F4N2O4S/c18-14(17(19,20)21)4-2-1-3-13-5-9-23(10-6-13)28(26)16(15(24)22-25)7-11-27-12-8-16/h13-14,25H,1-12H2,(H,22,24). The molecule has 0 bridgehead atoms. The topological polar surface area (TPSA) is 78.9 Å². The van der Waals surface area contributed by atoms with Crippen LogP contribution in [0.25, 0.3) is 0 Å². The lowest BCUT2D eigenvalue weighted by Gasteiger charge is -2.40. The monoisotopic (exact) mass is 432 g/mol. The molecule has 0 aromatic heterocycles. The molecule has 2 unspecified atom stereocenters. The van der Waals surface area contributed by atoms with E-state index in [1.807, 2.05) is 0 Å². The average molecular weight is 432 g/mol. The zero-order valence-electron chi connectivity index (χ0n) is 15.7. The molecule has 6 nitrogen and oxygen atoms in total. The molecular formula is C17H28F4N2O4S. The first-order valence-corrected chi connectivity index (χ1v) is 10.7. The van der Waals surface area contributed by atoms with Gasteiger partial charge in [-0.2, -0.15) is 13.2 Å². The number of piperidine rings is 1. The van der Waals surface area contributed by atoms with Crippen LogP contribution in [0.3, 0.4) is 0 Å². The molecule has 164 valence electrons. The number of hydrogen-bond acceptors (Lipinski definition) is 4. The number of hydrogen-bond donors (Lipinski definition) is 2. The van der Waals surface area contributed by atoms with Crippen molar-refractivity contribution < 1.29 is 36.5 Å². The van der Waals surface area contributed by atoms with Crippen molar-refractivity contribution in [3.63, 3.8) is 0 Å². The van der Waals surface area contributed by atoms with Crippen molar-refractivity contribution in [2.24, 2.45) is 5.92 Å². The Kier molecular flexibility index (Phi) is 8.65. The van der Waals surface area contributed by atoms with Gasteiger partial charge in [0.1, 0.15) is 15.7 Å². The Balaban J connectivity index is 1.78. The molecule has 11 heteroatoms. The van der Waals surface area contributed by atoms with Gasteiger partial charge in [0.15, 0.2) is 6.17 Å². The number of rotatable bonds is 8. The van der Waals surface area contributed by atoms with Crippen LogP contribution < -0.4 is 5.48 Å². The van der Waals surface area contributed by atoms with Crippen molar-refractivity contribution in [2.45, 2.75) is 68.5 Å². The van der Waals surface area contributed by atoms with Crippen LogP contribution in [-0.4, -0.2) is 63.0 Å². The summed E-state index contributed by atoms with van der Waals surface area (Å²) in [6, 6.07) is 0. The van der Waals surface area contributed by atoms with Crippen molar-refractivity contribution in [3.8, 4) is 0 Å². The van der Waals surface area contributed by atoms with E-state index in [2.05, 4.69) is 0 Å². The minimum atomic E-state index is -4.78. The van der Waals surface area contributed by atoms with Gasteiger partial charge in [-0.3, -0.25) is 10.0 Å². The first kappa shape index (κ1) is 23.5. The van der Waals surface area contributed by atoms with Crippen LogP contribution in [0.4, 0.5) is 17.6 Å². The molecule has 0 aliphatic carbocycles. The SMILES string of the molecule is O=C(NO)C1(S(=O)N2CCC(CCCCC(F)C(F)(F)F)CC2)CCOCC1. The van der Waals surface area contributed by atoms with Gasteiger partial charge in [-0.1, -0.05) is 19.3 Å². The van der Waals surface area contributed by atoms with Gasteiger partial charge in [0.2, 0.25) is 0 Å². The van der Waals surface area contributed by atoms with Crippen LogP contribution in [0, 0.1) is 5.92 Å². The summed E-state index contributed by atoms with van der Waals surface area (Å²) in [6.07, 6.45) is -4.67. The van der Waals surface area contributed by atoms with Crippen molar-refractivity contribution in [2.75, 3.05) is 26.3 Å². The quantitative estimate of drug-likeness (QED) is 0.268. The molecule has 2 aliphatic heterocycles. The number of nitrogens with zero attached hydrogens (tertiary/aromatic N) is 1. The second-order valence-electron chi connectivity index (χ2n) is 7.46. The summed E-state index contributed by atoms with van der Waals surface area (Å²) in [4.78, 5) is 12.2. The molecule has 2 saturated heterocycles. The lowest BCUT2D eigenvalue weighted by atomic mass is 9.92. The van der Waals surface area contributed by atoms with Gasteiger partial charge in [-0.15, -0.1) is 0 Å². The Morgan fingerprint density at radius 1 is 1.25 bits per heavy atom. The summed E-state index contributed by atoms with van der Waals surface area (Å²) >= 11 is 0. The van der Waals surface area contributed by atoms with Gasteiger partial charge in [-0.05, 0) is 38.0 Å². The third-order valence-corrected chi connectivity index (χ3v) is 7.73. The van der Waals surface area contributed by atoms with Crippen molar-refractivity contribution in [3.05, 3.63) is 0 Å². The highest BCUT2D eigenvalue weighted by Gasteiger charge is 2.48. The maximum absolute atomic E-state index is 13.1. The number of unbranched alkanes of at least 4 members (excludes halogenated alkanes) is 1. The lowest BCUT2D eigenvalue weighted by Crippen LogP contribution is -2.57. The van der Waals surface area contributed by atoms with Crippen LogP contribution in [0.5, 0.6) is 0 Å². The van der Waals surface area contributed by atoms with Gasteiger partial charge >= 0.3 is 6.18 Å². The molecule has 2 rings (SSSR count). The van der Waals surface area contributed by atoms with E-state index in [0.717, 1.165) is 12.8 Å². The molecule has 2 aliphatic rings. The number of alkyl halides is 4. The molecule has 0 saturated carbocycles. The second kappa shape index (κ2) is 10.3. The maximum Gasteiger partial charge on any atom is 0.419 e. The number of ether oxygens (including phenoxy) is 1. The summed E-state index contributed by atoms with van der Waals surface area (Å²) in [5.74, 6) is -0.379. The van der Waals surface area contributed by atoms with Crippen LogP contribution in [0.2, 0.25) is 0 Å². The minimum Gasteiger partial charge on any atom is -0.381 e. The van der Waals surface area contributed by atoms with Crippen molar-refractivity contribution in [1.29, 1.82) is 0 Å². The summed E-state index contributed by atoms with van der Waals surface area (Å²) in [5, 5.41) is 9.06. The van der Waals surface area contributed by atoms with E-state index >= 15 is 0 Å². The zero-order valence-corrected chi connectivity index (χ0v) is 16.5. The fourth-order valence-corrected chi connectivity index (χ4v) is 5.57. The molecule has 0 aromatic rings. The minimum absolute atomic E-state index is 0.187. The first-order chi connectivity index (χ1) is 13.2. The van der Waals surface area contributed by atoms with Crippen LogP contribution in [-0.2, 0) is 20.5 Å². The fourth-order valence-electron chi connectivity index (χ4n) is 3.82. The molecule has 2 atom stereocenters. The summed E-state index contributed by atoms with van der Waals surface area (Å²) in [5.41, 5.74) is 1.63. The third-order valence-electron chi connectivity index (χ3n) is 5.63. The van der Waals surface area contributed by atoms with Gasteiger partial charge in [0.05, 0.1) is 0 Å². The third kappa shape index (κ3) is 5.87. The largest absolute Gasteiger partial charge is 0.419 e. The Bertz CT molecular complexity index is 536. The first-order valence-electron chi connectivity index (χ1n) is 9.60. The molecule has 2 N–H and O–H groups in total. The van der Waals surface area contributed by atoms with E-state index < -0.39 is 40.4 Å². The predicted molar refractivity (Wildman–Crippen MR) is 94.6 cm³/mol. The van der Waals surface area contributed by atoms with Crippen LogP contribution in [0.1, 0.15) is 51.4 Å². The molecule has 1 amide bonds. The van der Waals surface area contributed by atoms with Crippen molar-refractivity contribution in [1.82, 2.24) is 9.79 Å². The zero-order chi connectivity index (χ0) is 20.8. The Morgan fingerprint density at radius 3 is 2.39 bits per heavy atom. The molecule has 28 heavy (non-hydrogen) atoms. The van der Waals surface area contributed by atoms with Gasteiger partial charge in [0.25, 0.3) is 5.91 Å². The highest BCUT2D eigenvalue weighted by Crippen LogP contribution is 2.33. The molecule has 0 spiro atoms. The van der Waals surface area contributed by atoms with E-state index in [0.29, 0.717) is 39.1 Å². The van der Waals surface area contributed by atoms with E-state index in [1.165, 1.54) is 0 Å².